The van der Waals surface area contributed by atoms with Gasteiger partial charge in [-0.15, -0.1) is 10.2 Å². The van der Waals surface area contributed by atoms with Crippen LogP contribution in [0.5, 0.6) is 5.75 Å². The number of rotatable bonds is 10. The first kappa shape index (κ1) is 46.3. The van der Waals surface area contributed by atoms with Crippen LogP contribution in [0.3, 0.4) is 0 Å². The number of nitrogens with one attached hydrogen (secondary N) is 1. The molecule has 2 amide bonds. The predicted molar refractivity (Wildman–Crippen MR) is 260 cm³/mol. The minimum atomic E-state index is -2.66. The van der Waals surface area contributed by atoms with Gasteiger partial charge in [-0.2, -0.15) is 15.5 Å². The third-order valence-corrected chi connectivity index (χ3v) is 16.4. The molecule has 70 heavy (non-hydrogen) atoms. The van der Waals surface area contributed by atoms with Crippen LogP contribution < -0.4 is 19.9 Å². The Morgan fingerprint density at radius 2 is 1.77 bits per heavy atom. The molecular weight excluding hydrogens is 914 g/mol. The van der Waals surface area contributed by atoms with E-state index >= 15 is 0 Å². The van der Waals surface area contributed by atoms with E-state index in [0.29, 0.717) is 65.3 Å². The number of nitrogens with zero attached hydrogens (tertiary/aromatic N) is 11. The molecule has 5 aromatic rings. The number of ether oxygens (including phenoxy) is 1. The Morgan fingerprint density at radius 3 is 2.47 bits per heavy atom. The van der Waals surface area contributed by atoms with E-state index in [4.69, 9.17) is 26.7 Å². The number of halogens is 3. The SMILES string of the molecule is CC(=O)N1CCc2c(c(N3CCCc4cc(-c5cnn(C)c5)c(C(F)F)cc43)nn2C2CCN(C3CCC4(C3)CN(c3ccc(C(=O)NC5CCC(Oc6ccc(C#N)c(Cl)c6)CC5)nn3)C4)CC2)C1. The number of nitriles is 1. The fraction of sp³-hybridized carbons (Fsp3) is 0.519. The van der Waals surface area contributed by atoms with Crippen LogP contribution >= 0.6 is 11.6 Å². The van der Waals surface area contributed by atoms with Crippen LogP contribution in [-0.2, 0) is 31.2 Å². The average molecular weight is 974 g/mol. The number of carbonyl (C=O) groups excluding carboxylic acids is 2. The molecule has 1 atom stereocenters. The standard InChI is InChI=1S/C52H59ClF2N12O3/c1-32(68)64-21-16-46-43(29-64)50(66-18-3-4-33-22-41(35-27-57-62(2)28-35)42(49(54)55)24-47(33)66)61-67(46)37-14-19-63(20-15-37)38-13-17-52(25-38)30-65(31-52)48-12-11-45(59-60-48)51(69)58-36-6-9-39(10-7-36)70-40-8-5-34(26-56)44(53)23-40/h5,8,11-12,22-24,27-28,36-39,49H,3-4,6-7,9-10,13-21,25,29-31H2,1-2H3,(H,58,69). The number of piperidine rings is 1. The van der Waals surface area contributed by atoms with Crippen molar-refractivity contribution in [3.05, 3.63) is 93.5 Å². The first-order chi connectivity index (χ1) is 33.9. The lowest BCUT2D eigenvalue weighted by molar-refractivity contribution is -0.129. The van der Waals surface area contributed by atoms with Crippen molar-refractivity contribution in [2.45, 2.75) is 121 Å². The maximum absolute atomic E-state index is 14.8. The lowest BCUT2D eigenvalue weighted by Crippen LogP contribution is -2.56. The lowest BCUT2D eigenvalue weighted by Gasteiger charge is -2.49. The third kappa shape index (κ3) is 8.97. The van der Waals surface area contributed by atoms with Crippen molar-refractivity contribution >= 4 is 40.7 Å². The summed E-state index contributed by atoms with van der Waals surface area (Å²) < 4.78 is 39.6. The fourth-order valence-corrected chi connectivity index (χ4v) is 12.5. The van der Waals surface area contributed by atoms with Crippen LogP contribution in [0, 0.1) is 16.7 Å². The highest BCUT2D eigenvalue weighted by Gasteiger charge is 2.50. The first-order valence-corrected chi connectivity index (χ1v) is 25.4. The van der Waals surface area contributed by atoms with Crippen molar-refractivity contribution in [2.24, 2.45) is 12.5 Å². The number of fused-ring (bicyclic) bond motifs is 2. The highest BCUT2D eigenvalue weighted by molar-refractivity contribution is 6.31. The molecule has 0 radical (unpaired) electrons. The molecule has 0 bridgehead atoms. The molecule has 2 aliphatic carbocycles. The van der Waals surface area contributed by atoms with Crippen molar-refractivity contribution in [1.82, 2.24) is 44.9 Å². The number of anilines is 3. The normalized spacial score (nSPS) is 22.4. The Hall–Kier alpha value is -6.12. The Labute approximate surface area is 411 Å². The number of likely N-dealkylation sites (tertiary alicyclic amines) is 1. The number of aromatic nitrogens is 6. The van der Waals surface area contributed by atoms with Gasteiger partial charge in [0.15, 0.2) is 17.3 Å². The van der Waals surface area contributed by atoms with Gasteiger partial charge in [0, 0.05) is 117 Å². The largest absolute Gasteiger partial charge is 0.490 e. The quantitative estimate of drug-likeness (QED) is 0.144. The van der Waals surface area contributed by atoms with Crippen molar-refractivity contribution in [1.29, 1.82) is 5.26 Å². The van der Waals surface area contributed by atoms with Gasteiger partial charge in [-0.25, -0.2) is 8.78 Å². The van der Waals surface area contributed by atoms with Crippen LogP contribution in [0.4, 0.5) is 26.1 Å². The second-order valence-corrected chi connectivity index (χ2v) is 20.9. The number of carbonyl (C=O) groups is 2. The van der Waals surface area contributed by atoms with E-state index in [1.165, 1.54) is 18.5 Å². The Bertz CT molecular complexity index is 2820. The minimum Gasteiger partial charge on any atom is -0.490 e. The highest BCUT2D eigenvalue weighted by atomic mass is 35.5. The summed E-state index contributed by atoms with van der Waals surface area (Å²) in [6.07, 6.45) is 11.8. The Morgan fingerprint density at radius 1 is 0.957 bits per heavy atom. The van der Waals surface area contributed by atoms with E-state index in [1.54, 1.807) is 61.4 Å². The monoisotopic (exact) mass is 972 g/mol. The fourth-order valence-electron chi connectivity index (χ4n) is 12.3. The predicted octanol–water partition coefficient (Wildman–Crippen LogP) is 8.34. The van der Waals surface area contributed by atoms with E-state index in [2.05, 4.69) is 46.1 Å². The zero-order chi connectivity index (χ0) is 48.3. The molecule has 15 nitrogen and oxygen atoms in total. The van der Waals surface area contributed by atoms with Gasteiger partial charge in [0.1, 0.15) is 11.8 Å². The second-order valence-electron chi connectivity index (χ2n) is 20.5. The zero-order valence-electron chi connectivity index (χ0n) is 39.8. The van der Waals surface area contributed by atoms with Gasteiger partial charge in [0.05, 0.1) is 35.5 Å². The molecule has 2 saturated heterocycles. The summed E-state index contributed by atoms with van der Waals surface area (Å²) in [5.74, 6) is 2.05. The molecule has 2 aromatic carbocycles. The molecule has 4 fully saturated rings. The van der Waals surface area contributed by atoms with Gasteiger partial charge in [-0.1, -0.05) is 11.6 Å². The van der Waals surface area contributed by atoms with Crippen LogP contribution in [0.2, 0.25) is 5.02 Å². The summed E-state index contributed by atoms with van der Waals surface area (Å²) in [7, 11) is 1.79. The van der Waals surface area contributed by atoms with Crippen molar-refractivity contribution in [3.63, 3.8) is 0 Å². The van der Waals surface area contributed by atoms with Gasteiger partial charge < -0.3 is 29.7 Å². The molecule has 1 N–H and O–H groups in total. The van der Waals surface area contributed by atoms with Gasteiger partial charge in [-0.3, -0.25) is 19.0 Å². The summed E-state index contributed by atoms with van der Waals surface area (Å²) in [6.45, 7) is 7.22. The number of benzene rings is 2. The number of hydrogen-bond donors (Lipinski definition) is 1. The first-order valence-electron chi connectivity index (χ1n) is 25.0. The Balaban J connectivity index is 0.694. The van der Waals surface area contributed by atoms with Crippen molar-refractivity contribution in [2.75, 3.05) is 49.1 Å². The highest BCUT2D eigenvalue weighted by Crippen LogP contribution is 2.49. The van der Waals surface area contributed by atoms with Crippen LogP contribution in [0.25, 0.3) is 11.1 Å². The number of alkyl halides is 2. The van der Waals surface area contributed by atoms with E-state index < -0.39 is 6.43 Å². The van der Waals surface area contributed by atoms with Gasteiger partial charge in [0.2, 0.25) is 5.91 Å². The zero-order valence-corrected chi connectivity index (χ0v) is 40.6. The molecular formula is C52H59ClF2N12O3. The molecule has 11 rings (SSSR count). The average Bonchev–Trinajstić information content (AvgIpc) is 4.11. The smallest absolute Gasteiger partial charge is 0.272 e. The molecule has 18 heteroatoms. The summed E-state index contributed by atoms with van der Waals surface area (Å²) >= 11 is 6.18. The molecule has 6 aliphatic rings. The van der Waals surface area contributed by atoms with Crippen LogP contribution in [0.15, 0.2) is 54.9 Å². The number of hydrogen-bond acceptors (Lipinski definition) is 11. The molecule has 7 heterocycles. The number of aryl methyl sites for hydroxylation is 2. The van der Waals surface area contributed by atoms with E-state index in [9.17, 15) is 18.4 Å². The van der Waals surface area contributed by atoms with E-state index in [-0.39, 0.29) is 41.0 Å². The summed E-state index contributed by atoms with van der Waals surface area (Å²) in [5, 5.41) is 31.1. The van der Waals surface area contributed by atoms with Crippen molar-refractivity contribution in [3.8, 4) is 22.9 Å². The Kier molecular flexibility index (Phi) is 12.5. The summed E-state index contributed by atoms with van der Waals surface area (Å²) in [4.78, 5) is 34.9. The molecule has 4 aliphatic heterocycles. The van der Waals surface area contributed by atoms with Crippen LogP contribution in [-0.4, -0.2) is 109 Å². The molecule has 3 aromatic heterocycles. The van der Waals surface area contributed by atoms with E-state index in [1.807, 2.05) is 17.0 Å². The maximum atomic E-state index is 14.8. The molecule has 366 valence electrons. The maximum Gasteiger partial charge on any atom is 0.272 e. The second kappa shape index (κ2) is 18.9. The summed E-state index contributed by atoms with van der Waals surface area (Å²) in [5.41, 5.74) is 6.17. The van der Waals surface area contributed by atoms with Crippen molar-refractivity contribution < 1.29 is 23.1 Å². The molecule has 2 saturated carbocycles. The molecule has 1 unspecified atom stereocenters. The third-order valence-electron chi connectivity index (χ3n) is 16.1. The molecule has 1 spiro atoms. The van der Waals surface area contributed by atoms with Crippen LogP contribution in [0.1, 0.15) is 122 Å². The van der Waals surface area contributed by atoms with Gasteiger partial charge in [0.25, 0.3) is 12.3 Å². The van der Waals surface area contributed by atoms with Gasteiger partial charge in [-0.05, 0) is 118 Å². The van der Waals surface area contributed by atoms with Gasteiger partial charge >= 0.3 is 0 Å². The topological polar surface area (TPSA) is 154 Å². The lowest BCUT2D eigenvalue weighted by atomic mass is 9.78. The summed E-state index contributed by atoms with van der Waals surface area (Å²) in [6, 6.07) is 15.2. The van der Waals surface area contributed by atoms with E-state index in [0.717, 1.165) is 112 Å². The minimum absolute atomic E-state index is 0.00983. The number of amides is 2.